The van der Waals surface area contributed by atoms with E-state index in [1.54, 1.807) is 0 Å². The maximum absolute atomic E-state index is 11.6. The topological polar surface area (TPSA) is 64.3 Å². The van der Waals surface area contributed by atoms with Crippen LogP contribution in [-0.2, 0) is 4.79 Å². The second-order valence-corrected chi connectivity index (χ2v) is 6.98. The van der Waals surface area contributed by atoms with Gasteiger partial charge >= 0.3 is 0 Å². The summed E-state index contributed by atoms with van der Waals surface area (Å²) in [6, 6.07) is 8.26. The van der Waals surface area contributed by atoms with Gasteiger partial charge in [0.2, 0.25) is 0 Å². The minimum atomic E-state index is -0.110. The molecule has 1 aromatic carbocycles. The number of amides is 1. The Morgan fingerprint density at radius 1 is 1.35 bits per heavy atom. The molecule has 1 aliphatic rings. The molecule has 0 bridgehead atoms. The largest absolute Gasteiger partial charge is 0.484 e. The Labute approximate surface area is 143 Å². The summed E-state index contributed by atoms with van der Waals surface area (Å²) >= 11 is 1.22. The molecule has 0 aromatic heterocycles. The van der Waals surface area contributed by atoms with Gasteiger partial charge in [-0.1, -0.05) is 43.8 Å². The van der Waals surface area contributed by atoms with E-state index < -0.39 is 0 Å². The molecule has 0 radical (unpaired) electrons. The molecule has 0 spiro atoms. The van der Waals surface area contributed by atoms with Crippen molar-refractivity contribution in [1.29, 1.82) is 0 Å². The van der Waals surface area contributed by atoms with Gasteiger partial charge in [0.05, 0.1) is 0 Å². The van der Waals surface area contributed by atoms with Crippen LogP contribution in [0.25, 0.3) is 0 Å². The Hall–Kier alpha value is -1.20. The second kappa shape index (κ2) is 9.83. The zero-order valence-corrected chi connectivity index (χ0v) is 14.7. The smallest absolute Gasteiger partial charge is 0.257 e. The van der Waals surface area contributed by atoms with E-state index in [9.17, 15) is 4.79 Å². The standard InChI is InChI=1S/C18H28N2O2S/c1-2-3-14-4-5-16(12-14)15-6-8-17(9-7-15)22-13-18(21)20-10-11-23-19/h6-9,14,16H,2-5,10-13,19H2,1H3,(H,20,21). The van der Waals surface area contributed by atoms with E-state index in [2.05, 4.69) is 24.4 Å². The van der Waals surface area contributed by atoms with Gasteiger partial charge in [-0.05, 0) is 48.8 Å². The third kappa shape index (κ3) is 6.07. The second-order valence-electron chi connectivity index (χ2n) is 6.24. The van der Waals surface area contributed by atoms with Gasteiger partial charge < -0.3 is 10.1 Å². The summed E-state index contributed by atoms with van der Waals surface area (Å²) in [5.41, 5.74) is 1.40. The number of rotatable bonds is 9. The fourth-order valence-corrected chi connectivity index (χ4v) is 3.55. The van der Waals surface area contributed by atoms with E-state index in [-0.39, 0.29) is 12.5 Å². The molecule has 0 heterocycles. The number of nitrogens with two attached hydrogens (primary N) is 1. The lowest BCUT2D eigenvalue weighted by molar-refractivity contribution is -0.122. The third-order valence-electron chi connectivity index (χ3n) is 4.50. The quantitative estimate of drug-likeness (QED) is 0.535. The first-order valence-electron chi connectivity index (χ1n) is 8.54. The Bertz CT molecular complexity index is 478. The van der Waals surface area contributed by atoms with Crippen LogP contribution in [0, 0.1) is 5.92 Å². The van der Waals surface area contributed by atoms with E-state index in [1.807, 2.05) is 12.1 Å². The Kier molecular flexibility index (Phi) is 7.76. The Morgan fingerprint density at radius 2 is 2.13 bits per heavy atom. The maximum atomic E-state index is 11.6. The van der Waals surface area contributed by atoms with Crippen molar-refractivity contribution in [3.05, 3.63) is 29.8 Å². The molecule has 128 valence electrons. The molecule has 0 saturated heterocycles. The van der Waals surface area contributed by atoms with Crippen LogP contribution in [0.4, 0.5) is 0 Å². The number of benzene rings is 1. The fourth-order valence-electron chi connectivity index (χ4n) is 3.33. The minimum Gasteiger partial charge on any atom is -0.484 e. The lowest BCUT2D eigenvalue weighted by atomic mass is 9.95. The molecule has 5 heteroatoms. The first-order chi connectivity index (χ1) is 11.2. The number of hydrogen-bond acceptors (Lipinski definition) is 4. The SMILES string of the molecule is CCCC1CCC(c2ccc(OCC(=O)NCCSN)cc2)C1. The highest BCUT2D eigenvalue weighted by Crippen LogP contribution is 2.40. The maximum Gasteiger partial charge on any atom is 0.257 e. The summed E-state index contributed by atoms with van der Waals surface area (Å²) in [6.07, 6.45) is 6.62. The first kappa shape index (κ1) is 18.1. The van der Waals surface area contributed by atoms with Crippen LogP contribution in [0.1, 0.15) is 50.5 Å². The van der Waals surface area contributed by atoms with Gasteiger partial charge in [0, 0.05) is 12.3 Å². The summed E-state index contributed by atoms with van der Waals surface area (Å²) in [6.45, 7) is 2.89. The fraction of sp³-hybridized carbons (Fsp3) is 0.611. The number of carbonyl (C=O) groups excluding carboxylic acids is 1. The predicted molar refractivity (Wildman–Crippen MR) is 96.6 cm³/mol. The van der Waals surface area contributed by atoms with Crippen LogP contribution in [0.3, 0.4) is 0 Å². The van der Waals surface area contributed by atoms with Gasteiger partial charge in [-0.3, -0.25) is 9.93 Å². The molecule has 2 rings (SSSR count). The van der Waals surface area contributed by atoms with Crippen molar-refractivity contribution in [2.24, 2.45) is 11.1 Å². The van der Waals surface area contributed by atoms with E-state index in [0.29, 0.717) is 18.2 Å². The molecule has 1 saturated carbocycles. The summed E-state index contributed by atoms with van der Waals surface area (Å²) in [7, 11) is 0. The van der Waals surface area contributed by atoms with Gasteiger partial charge in [0.1, 0.15) is 5.75 Å². The predicted octanol–water partition coefficient (Wildman–Crippen LogP) is 3.47. The van der Waals surface area contributed by atoms with Crippen molar-refractivity contribution in [1.82, 2.24) is 5.32 Å². The normalized spacial score (nSPS) is 20.4. The van der Waals surface area contributed by atoms with Gasteiger partial charge in [-0.25, -0.2) is 0 Å². The average Bonchev–Trinajstić information content (AvgIpc) is 3.03. The lowest BCUT2D eigenvalue weighted by Gasteiger charge is -2.12. The van der Waals surface area contributed by atoms with Gasteiger partial charge in [-0.15, -0.1) is 0 Å². The van der Waals surface area contributed by atoms with E-state index in [1.165, 1.54) is 49.6 Å². The molecule has 2 unspecified atom stereocenters. The molecular formula is C18H28N2O2S. The summed E-state index contributed by atoms with van der Waals surface area (Å²) in [5, 5.41) is 8.07. The molecule has 1 aliphatic carbocycles. The Morgan fingerprint density at radius 3 is 2.83 bits per heavy atom. The summed E-state index contributed by atoms with van der Waals surface area (Å²) in [4.78, 5) is 11.6. The van der Waals surface area contributed by atoms with Crippen LogP contribution in [0.2, 0.25) is 0 Å². The van der Waals surface area contributed by atoms with Crippen LogP contribution in [0.5, 0.6) is 5.75 Å². The number of hydrogen-bond donors (Lipinski definition) is 2. The van der Waals surface area contributed by atoms with E-state index in [4.69, 9.17) is 9.88 Å². The van der Waals surface area contributed by atoms with Crippen molar-refractivity contribution in [3.63, 3.8) is 0 Å². The highest BCUT2D eigenvalue weighted by atomic mass is 32.2. The molecule has 3 N–H and O–H groups in total. The zero-order valence-electron chi connectivity index (χ0n) is 13.9. The highest BCUT2D eigenvalue weighted by Gasteiger charge is 2.24. The average molecular weight is 337 g/mol. The number of carbonyl (C=O) groups is 1. The molecule has 2 atom stereocenters. The van der Waals surface area contributed by atoms with Crippen molar-refractivity contribution < 1.29 is 9.53 Å². The van der Waals surface area contributed by atoms with Gasteiger partial charge in [0.25, 0.3) is 5.91 Å². The molecule has 1 fully saturated rings. The molecule has 4 nitrogen and oxygen atoms in total. The van der Waals surface area contributed by atoms with Crippen molar-refractivity contribution in [2.75, 3.05) is 18.9 Å². The molecule has 23 heavy (non-hydrogen) atoms. The van der Waals surface area contributed by atoms with E-state index in [0.717, 1.165) is 11.7 Å². The summed E-state index contributed by atoms with van der Waals surface area (Å²) < 4.78 is 5.53. The monoisotopic (exact) mass is 336 g/mol. The van der Waals surface area contributed by atoms with Crippen molar-refractivity contribution >= 4 is 17.9 Å². The lowest BCUT2D eigenvalue weighted by Crippen LogP contribution is -2.30. The van der Waals surface area contributed by atoms with Crippen LogP contribution in [0.15, 0.2) is 24.3 Å². The Balaban J connectivity index is 1.75. The minimum absolute atomic E-state index is 0.0522. The van der Waals surface area contributed by atoms with Crippen LogP contribution in [-0.4, -0.2) is 24.8 Å². The van der Waals surface area contributed by atoms with Crippen LogP contribution >= 0.6 is 11.9 Å². The highest BCUT2D eigenvalue weighted by molar-refractivity contribution is 7.97. The molecule has 1 aromatic rings. The number of ether oxygens (including phenoxy) is 1. The van der Waals surface area contributed by atoms with Crippen LogP contribution < -0.4 is 15.2 Å². The summed E-state index contributed by atoms with van der Waals surface area (Å²) in [5.74, 6) is 2.94. The molecular weight excluding hydrogens is 308 g/mol. The first-order valence-corrected chi connectivity index (χ1v) is 9.59. The van der Waals surface area contributed by atoms with Gasteiger partial charge in [0.15, 0.2) is 6.61 Å². The molecule has 1 amide bonds. The van der Waals surface area contributed by atoms with E-state index >= 15 is 0 Å². The number of nitrogens with one attached hydrogen (secondary N) is 1. The third-order valence-corrected chi connectivity index (χ3v) is 4.94. The van der Waals surface area contributed by atoms with Crippen molar-refractivity contribution in [2.45, 2.75) is 44.9 Å². The molecule has 0 aliphatic heterocycles. The zero-order chi connectivity index (χ0) is 16.5. The van der Waals surface area contributed by atoms with Crippen molar-refractivity contribution in [3.8, 4) is 5.75 Å². The van der Waals surface area contributed by atoms with Gasteiger partial charge in [-0.2, -0.15) is 0 Å².